The predicted octanol–water partition coefficient (Wildman–Crippen LogP) is 2.31. The molecule has 0 bridgehead atoms. The zero-order valence-corrected chi connectivity index (χ0v) is 9.45. The number of aromatic nitrogens is 3. The molecule has 0 spiro atoms. The van der Waals surface area contributed by atoms with E-state index in [4.69, 9.17) is 5.73 Å². The summed E-state index contributed by atoms with van der Waals surface area (Å²) in [5.74, 6) is 0.443. The van der Waals surface area contributed by atoms with E-state index >= 15 is 0 Å². The summed E-state index contributed by atoms with van der Waals surface area (Å²) in [7, 11) is 0. The van der Waals surface area contributed by atoms with Gasteiger partial charge in [0.05, 0.1) is 0 Å². The van der Waals surface area contributed by atoms with Crippen molar-refractivity contribution < 1.29 is 0 Å². The van der Waals surface area contributed by atoms with Crippen LogP contribution < -0.4 is 5.73 Å². The van der Waals surface area contributed by atoms with Crippen LogP contribution in [0.25, 0.3) is 10.6 Å². The first-order chi connectivity index (χ1) is 7.16. The van der Waals surface area contributed by atoms with Gasteiger partial charge in [-0.25, -0.2) is 0 Å². The second-order valence-corrected chi connectivity index (χ2v) is 4.58. The summed E-state index contributed by atoms with van der Waals surface area (Å²) in [6.07, 6.45) is 1.81. The van der Waals surface area contributed by atoms with Crippen molar-refractivity contribution in [3.63, 3.8) is 0 Å². The van der Waals surface area contributed by atoms with Crippen LogP contribution in [0.1, 0.15) is 25.5 Å². The lowest BCUT2D eigenvalue weighted by Crippen LogP contribution is -1.91. The van der Waals surface area contributed by atoms with Gasteiger partial charge in [-0.1, -0.05) is 25.2 Å². The molecule has 0 aliphatic carbocycles. The van der Waals surface area contributed by atoms with E-state index in [9.17, 15) is 0 Å². The molecule has 2 heterocycles. The van der Waals surface area contributed by atoms with Crippen molar-refractivity contribution in [2.75, 3.05) is 5.73 Å². The molecule has 2 aromatic heterocycles. The Bertz CT molecular complexity index is 447. The molecule has 0 saturated heterocycles. The number of hydrogen-bond donors (Lipinski definition) is 1. The van der Waals surface area contributed by atoms with Crippen molar-refractivity contribution in [1.82, 2.24) is 15.2 Å². The number of nitrogens with two attached hydrogens (primary N) is 1. The summed E-state index contributed by atoms with van der Waals surface area (Å²) in [6, 6.07) is 4.01. The Kier molecular flexibility index (Phi) is 2.64. The second kappa shape index (κ2) is 3.94. The Morgan fingerprint density at radius 3 is 2.53 bits per heavy atom. The van der Waals surface area contributed by atoms with E-state index in [1.54, 1.807) is 0 Å². The number of rotatable bonds is 2. The van der Waals surface area contributed by atoms with Gasteiger partial charge in [-0.2, -0.15) is 0 Å². The molecule has 0 atom stereocenters. The normalized spacial score (nSPS) is 10.9. The lowest BCUT2D eigenvalue weighted by molar-refractivity contribution is 0.823. The van der Waals surface area contributed by atoms with Crippen LogP contribution in [0.5, 0.6) is 0 Å². The summed E-state index contributed by atoms with van der Waals surface area (Å²) >= 11 is 1.37. The first kappa shape index (κ1) is 10.0. The number of anilines is 1. The van der Waals surface area contributed by atoms with Gasteiger partial charge in [-0.05, 0) is 18.1 Å². The van der Waals surface area contributed by atoms with Crippen molar-refractivity contribution in [2.45, 2.75) is 19.8 Å². The smallest absolute Gasteiger partial charge is 0.203 e. The van der Waals surface area contributed by atoms with E-state index < -0.39 is 0 Å². The Morgan fingerprint density at radius 2 is 2.07 bits per heavy atom. The van der Waals surface area contributed by atoms with Gasteiger partial charge in [-0.15, -0.1) is 10.2 Å². The molecule has 2 aromatic rings. The van der Waals surface area contributed by atoms with E-state index in [-0.39, 0.29) is 0 Å². The molecule has 78 valence electrons. The average molecular weight is 220 g/mol. The molecule has 0 unspecified atom stereocenters. The van der Waals surface area contributed by atoms with Gasteiger partial charge in [0, 0.05) is 17.5 Å². The molecule has 0 radical (unpaired) electrons. The SMILES string of the molecule is CC(C)c1ccc(-c2nnc(N)s2)cn1. The fourth-order valence-electron chi connectivity index (χ4n) is 1.22. The van der Waals surface area contributed by atoms with Crippen LogP contribution in [0.3, 0.4) is 0 Å². The summed E-state index contributed by atoms with van der Waals surface area (Å²) < 4.78 is 0. The van der Waals surface area contributed by atoms with E-state index in [1.165, 1.54) is 11.3 Å². The van der Waals surface area contributed by atoms with Gasteiger partial charge in [0.25, 0.3) is 0 Å². The van der Waals surface area contributed by atoms with E-state index in [0.717, 1.165) is 16.3 Å². The van der Waals surface area contributed by atoms with Crippen molar-refractivity contribution in [3.05, 3.63) is 24.0 Å². The van der Waals surface area contributed by atoms with Crippen LogP contribution in [-0.2, 0) is 0 Å². The number of hydrogen-bond acceptors (Lipinski definition) is 5. The molecule has 0 aliphatic rings. The standard InChI is InChI=1S/C10H12N4S/c1-6(2)8-4-3-7(5-12-8)9-13-14-10(11)15-9/h3-6H,1-2H3,(H2,11,14). The summed E-state index contributed by atoms with van der Waals surface area (Å²) in [4.78, 5) is 4.36. The third-order valence-corrected chi connectivity index (χ3v) is 2.87. The minimum Gasteiger partial charge on any atom is -0.374 e. The minimum atomic E-state index is 0.443. The Balaban J connectivity index is 2.31. The number of pyridine rings is 1. The highest BCUT2D eigenvalue weighted by molar-refractivity contribution is 7.18. The Morgan fingerprint density at radius 1 is 1.27 bits per heavy atom. The third kappa shape index (κ3) is 2.12. The van der Waals surface area contributed by atoms with Gasteiger partial charge in [-0.3, -0.25) is 4.98 Å². The lowest BCUT2D eigenvalue weighted by Gasteiger charge is -2.03. The maximum Gasteiger partial charge on any atom is 0.203 e. The lowest BCUT2D eigenvalue weighted by atomic mass is 10.1. The maximum atomic E-state index is 5.52. The molecule has 5 heteroatoms. The molecule has 15 heavy (non-hydrogen) atoms. The highest BCUT2D eigenvalue weighted by Gasteiger charge is 2.06. The van der Waals surface area contributed by atoms with E-state index in [1.807, 2.05) is 18.3 Å². The summed E-state index contributed by atoms with van der Waals surface area (Å²) in [6.45, 7) is 4.23. The van der Waals surface area contributed by atoms with Crippen molar-refractivity contribution >= 4 is 16.5 Å². The minimum absolute atomic E-state index is 0.443. The van der Waals surface area contributed by atoms with Crippen LogP contribution in [0.4, 0.5) is 5.13 Å². The van der Waals surface area contributed by atoms with E-state index in [2.05, 4.69) is 29.0 Å². The van der Waals surface area contributed by atoms with Gasteiger partial charge < -0.3 is 5.73 Å². The molecular formula is C10H12N4S. The quantitative estimate of drug-likeness (QED) is 0.843. The molecule has 0 saturated carbocycles. The fraction of sp³-hybridized carbons (Fsp3) is 0.300. The first-order valence-electron chi connectivity index (χ1n) is 4.72. The summed E-state index contributed by atoms with van der Waals surface area (Å²) in [5.41, 5.74) is 7.56. The van der Waals surface area contributed by atoms with Gasteiger partial charge >= 0.3 is 0 Å². The van der Waals surface area contributed by atoms with Crippen LogP contribution in [-0.4, -0.2) is 15.2 Å². The predicted molar refractivity (Wildman–Crippen MR) is 61.6 cm³/mol. The molecule has 0 aromatic carbocycles. The molecule has 2 rings (SSSR count). The molecule has 0 aliphatic heterocycles. The van der Waals surface area contributed by atoms with Crippen LogP contribution in [0, 0.1) is 0 Å². The number of nitrogens with zero attached hydrogens (tertiary/aromatic N) is 3. The average Bonchev–Trinajstić information content (AvgIpc) is 2.65. The largest absolute Gasteiger partial charge is 0.374 e. The summed E-state index contributed by atoms with van der Waals surface area (Å²) in [5, 5.41) is 9.03. The van der Waals surface area contributed by atoms with E-state index in [0.29, 0.717) is 11.0 Å². The topological polar surface area (TPSA) is 64.7 Å². The van der Waals surface area contributed by atoms with Crippen LogP contribution in [0.2, 0.25) is 0 Å². The second-order valence-electron chi connectivity index (χ2n) is 3.57. The molecule has 0 amide bonds. The van der Waals surface area contributed by atoms with Crippen molar-refractivity contribution in [2.24, 2.45) is 0 Å². The number of nitrogen functional groups attached to an aromatic ring is 1. The van der Waals surface area contributed by atoms with Gasteiger partial charge in [0.15, 0.2) is 5.01 Å². The molecule has 0 fully saturated rings. The van der Waals surface area contributed by atoms with Gasteiger partial charge in [0.1, 0.15) is 0 Å². The zero-order valence-electron chi connectivity index (χ0n) is 8.64. The van der Waals surface area contributed by atoms with Crippen molar-refractivity contribution in [3.8, 4) is 10.6 Å². The van der Waals surface area contributed by atoms with Crippen LogP contribution in [0.15, 0.2) is 18.3 Å². The molecular weight excluding hydrogens is 208 g/mol. The van der Waals surface area contributed by atoms with Crippen LogP contribution >= 0.6 is 11.3 Å². The maximum absolute atomic E-state index is 5.52. The van der Waals surface area contributed by atoms with Crippen molar-refractivity contribution in [1.29, 1.82) is 0 Å². The highest BCUT2D eigenvalue weighted by atomic mass is 32.1. The Hall–Kier alpha value is -1.49. The zero-order chi connectivity index (χ0) is 10.8. The Labute approximate surface area is 92.2 Å². The third-order valence-electron chi connectivity index (χ3n) is 2.07. The molecule has 4 nitrogen and oxygen atoms in total. The molecule has 2 N–H and O–H groups in total. The fourth-order valence-corrected chi connectivity index (χ4v) is 1.82. The highest BCUT2D eigenvalue weighted by Crippen LogP contribution is 2.24. The van der Waals surface area contributed by atoms with Gasteiger partial charge in [0.2, 0.25) is 5.13 Å². The first-order valence-corrected chi connectivity index (χ1v) is 5.54. The monoisotopic (exact) mass is 220 g/mol.